The van der Waals surface area contributed by atoms with Crippen molar-refractivity contribution in [2.45, 2.75) is 57.3 Å². The van der Waals surface area contributed by atoms with Crippen LogP contribution in [0.2, 0.25) is 0 Å². The van der Waals surface area contributed by atoms with Crippen molar-refractivity contribution >= 4 is 21.6 Å². The molecule has 0 bridgehead atoms. The third kappa shape index (κ3) is 5.97. The first-order chi connectivity index (χ1) is 14.8. The number of rotatable bonds is 8. The first-order valence-electron chi connectivity index (χ1n) is 10.9. The molecule has 0 aliphatic heterocycles. The van der Waals surface area contributed by atoms with Gasteiger partial charge in [-0.2, -0.15) is 0 Å². The number of carbonyl (C=O) groups is 1. The van der Waals surface area contributed by atoms with Gasteiger partial charge in [0.15, 0.2) is 0 Å². The lowest BCUT2D eigenvalue weighted by Crippen LogP contribution is -2.41. The summed E-state index contributed by atoms with van der Waals surface area (Å²) in [5.41, 5.74) is 3.79. The van der Waals surface area contributed by atoms with Crippen molar-refractivity contribution in [3.05, 3.63) is 71.3 Å². The van der Waals surface area contributed by atoms with Crippen molar-refractivity contribution in [1.82, 2.24) is 5.32 Å². The highest BCUT2D eigenvalue weighted by atomic mass is 32.2. The summed E-state index contributed by atoms with van der Waals surface area (Å²) in [4.78, 5) is 12.9. The maximum atomic E-state index is 13.4. The number of benzene rings is 2. The van der Waals surface area contributed by atoms with Gasteiger partial charge in [-0.25, -0.2) is 8.42 Å². The highest BCUT2D eigenvalue weighted by Crippen LogP contribution is 2.26. The summed E-state index contributed by atoms with van der Waals surface area (Å²) < 4.78 is 28.1. The van der Waals surface area contributed by atoms with Gasteiger partial charge in [0, 0.05) is 6.54 Å². The molecule has 3 rings (SSSR count). The molecule has 166 valence electrons. The number of carbonyl (C=O) groups excluding carboxylic acids is 1. The molecule has 1 N–H and O–H groups in total. The van der Waals surface area contributed by atoms with E-state index in [1.807, 2.05) is 19.1 Å². The second-order valence-corrected chi connectivity index (χ2v) is 10.3. The van der Waals surface area contributed by atoms with Gasteiger partial charge < -0.3 is 5.32 Å². The Labute approximate surface area is 186 Å². The van der Waals surface area contributed by atoms with Crippen LogP contribution in [0.5, 0.6) is 0 Å². The van der Waals surface area contributed by atoms with Crippen LogP contribution in [0.15, 0.2) is 65.1 Å². The Bertz CT molecular complexity index is 1020. The Morgan fingerprint density at radius 3 is 2.29 bits per heavy atom. The van der Waals surface area contributed by atoms with Gasteiger partial charge in [-0.3, -0.25) is 9.10 Å². The van der Waals surface area contributed by atoms with Crippen molar-refractivity contribution in [2.24, 2.45) is 0 Å². The van der Waals surface area contributed by atoms with Crippen LogP contribution >= 0.6 is 0 Å². The third-order valence-electron chi connectivity index (χ3n) is 5.64. The van der Waals surface area contributed by atoms with Crippen molar-refractivity contribution in [1.29, 1.82) is 0 Å². The van der Waals surface area contributed by atoms with Crippen LogP contribution < -0.4 is 9.62 Å². The molecule has 6 heteroatoms. The number of aryl methyl sites for hydroxylation is 1. The quantitative estimate of drug-likeness (QED) is 0.592. The van der Waals surface area contributed by atoms with E-state index in [-0.39, 0.29) is 17.3 Å². The lowest BCUT2D eigenvalue weighted by Gasteiger charge is -2.25. The molecule has 0 unspecified atom stereocenters. The van der Waals surface area contributed by atoms with Crippen molar-refractivity contribution in [3.63, 3.8) is 0 Å². The van der Waals surface area contributed by atoms with Gasteiger partial charge in [0.1, 0.15) is 6.54 Å². The molecule has 0 aromatic heterocycles. The number of amides is 1. The van der Waals surface area contributed by atoms with Crippen LogP contribution in [-0.4, -0.2) is 27.4 Å². The fourth-order valence-electron chi connectivity index (χ4n) is 3.64. The minimum absolute atomic E-state index is 0.175. The Kier molecular flexibility index (Phi) is 7.55. The van der Waals surface area contributed by atoms with Crippen molar-refractivity contribution in [2.75, 3.05) is 17.4 Å². The minimum atomic E-state index is -3.88. The minimum Gasteiger partial charge on any atom is -0.351 e. The number of nitrogens with one attached hydrogen (secondary N) is 1. The number of nitrogens with zero attached hydrogens (tertiary/aromatic N) is 1. The Balaban J connectivity index is 1.85. The van der Waals surface area contributed by atoms with Crippen molar-refractivity contribution in [3.8, 4) is 0 Å². The Morgan fingerprint density at radius 2 is 1.71 bits per heavy atom. The normalized spacial score (nSPS) is 14.3. The summed E-state index contributed by atoms with van der Waals surface area (Å²) in [5.74, 6) is 0.0263. The largest absolute Gasteiger partial charge is 0.351 e. The molecule has 1 amide bonds. The van der Waals surface area contributed by atoms with Crippen LogP contribution in [0.25, 0.3) is 0 Å². The van der Waals surface area contributed by atoms with Crippen LogP contribution in [0.4, 0.5) is 5.69 Å². The highest BCUT2D eigenvalue weighted by Gasteiger charge is 2.27. The molecule has 1 aliphatic rings. The molecule has 0 spiro atoms. The molecule has 0 heterocycles. The van der Waals surface area contributed by atoms with Crippen LogP contribution in [0, 0.1) is 6.92 Å². The van der Waals surface area contributed by atoms with Gasteiger partial charge in [0.2, 0.25) is 5.91 Å². The van der Waals surface area contributed by atoms with Gasteiger partial charge >= 0.3 is 0 Å². The van der Waals surface area contributed by atoms with Gasteiger partial charge in [0.05, 0.1) is 10.6 Å². The zero-order chi connectivity index (χ0) is 22.4. The van der Waals surface area contributed by atoms with Gasteiger partial charge in [-0.05, 0) is 68.4 Å². The molecule has 0 saturated carbocycles. The molecular weight excluding hydrogens is 408 g/mol. The van der Waals surface area contributed by atoms with E-state index in [0.29, 0.717) is 18.2 Å². The molecule has 5 nitrogen and oxygen atoms in total. The predicted octanol–water partition coefficient (Wildman–Crippen LogP) is 4.93. The first kappa shape index (κ1) is 23.1. The third-order valence-corrected chi connectivity index (χ3v) is 7.43. The summed E-state index contributed by atoms with van der Waals surface area (Å²) in [6.45, 7) is 6.30. The van der Waals surface area contributed by atoms with Gasteiger partial charge in [0.25, 0.3) is 10.0 Å². The van der Waals surface area contributed by atoms with E-state index in [1.165, 1.54) is 16.3 Å². The lowest BCUT2D eigenvalue weighted by atomic mass is 10.00. The smallest absolute Gasteiger partial charge is 0.264 e. The monoisotopic (exact) mass is 440 g/mol. The van der Waals surface area contributed by atoms with Gasteiger partial charge in [-0.15, -0.1) is 0 Å². The Hall–Kier alpha value is -2.60. The topological polar surface area (TPSA) is 66.5 Å². The zero-order valence-corrected chi connectivity index (χ0v) is 19.4. The average Bonchev–Trinajstić information content (AvgIpc) is 2.77. The van der Waals surface area contributed by atoms with E-state index in [9.17, 15) is 13.2 Å². The SMILES string of the molecule is Cc1ccc(S(=O)(=O)N(CC(=O)NCC2=CCCCC2)c2ccc(C(C)C)cc2)cc1. The van der Waals surface area contributed by atoms with E-state index >= 15 is 0 Å². The number of hydrogen-bond donors (Lipinski definition) is 1. The molecule has 0 fully saturated rings. The zero-order valence-electron chi connectivity index (χ0n) is 18.6. The number of anilines is 1. The second-order valence-electron chi connectivity index (χ2n) is 8.46. The number of sulfonamides is 1. The van der Waals surface area contributed by atoms with E-state index < -0.39 is 10.0 Å². The first-order valence-corrected chi connectivity index (χ1v) is 12.4. The summed E-state index contributed by atoms with van der Waals surface area (Å²) in [6.07, 6.45) is 6.53. The average molecular weight is 441 g/mol. The fourth-order valence-corrected chi connectivity index (χ4v) is 5.06. The highest BCUT2D eigenvalue weighted by molar-refractivity contribution is 7.92. The second kappa shape index (κ2) is 10.1. The molecular formula is C25H32N2O3S. The van der Waals surface area contributed by atoms with Gasteiger partial charge in [-0.1, -0.05) is 55.3 Å². The maximum absolute atomic E-state index is 13.4. The lowest BCUT2D eigenvalue weighted by molar-refractivity contribution is -0.119. The van der Waals surface area contributed by atoms with Crippen LogP contribution in [-0.2, 0) is 14.8 Å². The summed E-state index contributed by atoms with van der Waals surface area (Å²) in [7, 11) is -3.88. The van der Waals surface area contributed by atoms with E-state index in [1.54, 1.807) is 36.4 Å². The fraction of sp³-hybridized carbons (Fsp3) is 0.400. The molecule has 2 aromatic carbocycles. The number of hydrogen-bond acceptors (Lipinski definition) is 3. The Morgan fingerprint density at radius 1 is 1.03 bits per heavy atom. The van der Waals surface area contributed by atoms with Crippen LogP contribution in [0.3, 0.4) is 0 Å². The summed E-state index contributed by atoms with van der Waals surface area (Å²) >= 11 is 0. The molecule has 2 aromatic rings. The summed E-state index contributed by atoms with van der Waals surface area (Å²) in [5, 5.41) is 2.90. The molecule has 0 saturated heterocycles. The summed E-state index contributed by atoms with van der Waals surface area (Å²) in [6, 6.07) is 14.1. The number of allylic oxidation sites excluding steroid dienone is 1. The molecule has 0 radical (unpaired) electrons. The van der Waals surface area contributed by atoms with Crippen LogP contribution in [0.1, 0.15) is 56.6 Å². The van der Waals surface area contributed by atoms with E-state index in [2.05, 4.69) is 25.2 Å². The molecule has 1 aliphatic carbocycles. The maximum Gasteiger partial charge on any atom is 0.264 e. The van der Waals surface area contributed by atoms with Crippen molar-refractivity contribution < 1.29 is 13.2 Å². The van der Waals surface area contributed by atoms with E-state index in [4.69, 9.17) is 0 Å². The van der Waals surface area contributed by atoms with E-state index in [0.717, 1.165) is 30.4 Å². The standard InChI is InChI=1S/C25H32N2O3S/c1-19(2)22-11-13-23(14-12-22)27(31(29,30)24-15-9-20(3)10-16-24)18-25(28)26-17-21-7-5-4-6-8-21/h7,9-16,19H,4-6,8,17-18H2,1-3H3,(H,26,28). The molecule has 0 atom stereocenters. The molecule has 31 heavy (non-hydrogen) atoms. The predicted molar refractivity (Wildman–Crippen MR) is 126 cm³/mol.